The first-order valence-electron chi connectivity index (χ1n) is 8.92. The molecule has 1 amide bonds. The predicted molar refractivity (Wildman–Crippen MR) is 95.2 cm³/mol. The van der Waals surface area contributed by atoms with Crippen LogP contribution in [-0.4, -0.2) is 54.5 Å². The zero-order chi connectivity index (χ0) is 17.5. The highest BCUT2D eigenvalue weighted by atomic mass is 19.1. The summed E-state index contributed by atoms with van der Waals surface area (Å²) in [5.74, 6) is 0.370. The Morgan fingerprint density at radius 1 is 1.08 bits per heavy atom. The van der Waals surface area contributed by atoms with Crippen LogP contribution >= 0.6 is 0 Å². The summed E-state index contributed by atoms with van der Waals surface area (Å²) in [7, 11) is 0. The summed E-state index contributed by atoms with van der Waals surface area (Å²) >= 11 is 0. The van der Waals surface area contributed by atoms with Gasteiger partial charge in [-0.3, -0.25) is 14.6 Å². The molecule has 4 nitrogen and oxygen atoms in total. The number of nitrogens with zero attached hydrogens (tertiary/aromatic N) is 2. The number of amides is 1. The van der Waals surface area contributed by atoms with Crippen LogP contribution in [0.25, 0.3) is 0 Å². The lowest BCUT2D eigenvalue weighted by Crippen LogP contribution is -2.43. The topological polar surface area (TPSA) is 35.6 Å². The number of benzene rings is 1. The number of hydrogen-bond donors (Lipinski definition) is 1. The summed E-state index contributed by atoms with van der Waals surface area (Å²) in [6.45, 7) is 11.4. The quantitative estimate of drug-likeness (QED) is 0.868. The molecule has 0 saturated carbocycles. The van der Waals surface area contributed by atoms with Gasteiger partial charge in [0.05, 0.1) is 6.54 Å². The molecule has 134 valence electrons. The number of hydrogen-bond acceptors (Lipinski definition) is 3. The van der Waals surface area contributed by atoms with E-state index in [1.54, 1.807) is 0 Å². The van der Waals surface area contributed by atoms with E-state index in [4.69, 9.17) is 0 Å². The normalized spacial score (nSPS) is 18.4. The van der Waals surface area contributed by atoms with E-state index in [9.17, 15) is 9.18 Å². The van der Waals surface area contributed by atoms with Crippen molar-refractivity contribution in [1.82, 2.24) is 15.1 Å². The van der Waals surface area contributed by atoms with Crippen LogP contribution in [0, 0.1) is 11.7 Å². The molecular weight excluding hydrogens is 305 g/mol. The third-order valence-corrected chi connectivity index (χ3v) is 4.76. The molecule has 0 bridgehead atoms. The summed E-state index contributed by atoms with van der Waals surface area (Å²) in [4.78, 5) is 16.7. The maximum atomic E-state index is 13.0. The molecule has 1 aromatic rings. The summed E-state index contributed by atoms with van der Waals surface area (Å²) in [5, 5.41) is 3.07. The van der Waals surface area contributed by atoms with Crippen molar-refractivity contribution < 1.29 is 9.18 Å². The monoisotopic (exact) mass is 335 g/mol. The van der Waals surface area contributed by atoms with E-state index in [0.717, 1.165) is 44.7 Å². The van der Waals surface area contributed by atoms with Crippen LogP contribution in [0.5, 0.6) is 0 Å². The molecule has 24 heavy (non-hydrogen) atoms. The van der Waals surface area contributed by atoms with Crippen LogP contribution in [-0.2, 0) is 11.3 Å². The summed E-state index contributed by atoms with van der Waals surface area (Å²) < 4.78 is 13.0. The number of carbonyl (C=O) groups is 1. The van der Waals surface area contributed by atoms with Gasteiger partial charge in [0.15, 0.2) is 0 Å². The van der Waals surface area contributed by atoms with E-state index in [1.165, 1.54) is 12.1 Å². The fourth-order valence-corrected chi connectivity index (χ4v) is 2.86. The number of nitrogens with one attached hydrogen (secondary N) is 1. The van der Waals surface area contributed by atoms with Gasteiger partial charge in [-0.2, -0.15) is 0 Å². The maximum absolute atomic E-state index is 13.0. The van der Waals surface area contributed by atoms with Gasteiger partial charge in [0, 0.05) is 25.7 Å². The van der Waals surface area contributed by atoms with Gasteiger partial charge in [-0.1, -0.05) is 26.0 Å². The largest absolute Gasteiger partial charge is 0.352 e. The Bertz CT molecular complexity index is 518. The van der Waals surface area contributed by atoms with Crippen molar-refractivity contribution in [3.05, 3.63) is 35.6 Å². The SMILES string of the molecule is CC(C)C(C)NC(=O)CN1CCCN(Cc2ccc(F)cc2)CC1. The third kappa shape index (κ3) is 6.21. The Balaban J connectivity index is 1.77. The highest BCUT2D eigenvalue weighted by Gasteiger charge is 2.18. The van der Waals surface area contributed by atoms with E-state index in [1.807, 2.05) is 12.1 Å². The van der Waals surface area contributed by atoms with Gasteiger partial charge in [-0.15, -0.1) is 0 Å². The molecule has 0 aromatic heterocycles. The summed E-state index contributed by atoms with van der Waals surface area (Å²) in [5.41, 5.74) is 1.13. The molecule has 1 aromatic carbocycles. The first-order chi connectivity index (χ1) is 11.4. The van der Waals surface area contributed by atoms with Crippen molar-refractivity contribution in [2.24, 2.45) is 5.92 Å². The second-order valence-corrected chi connectivity index (χ2v) is 7.13. The first-order valence-corrected chi connectivity index (χ1v) is 8.92. The summed E-state index contributed by atoms with van der Waals surface area (Å²) in [6, 6.07) is 6.93. The lowest BCUT2D eigenvalue weighted by Gasteiger charge is -2.23. The minimum atomic E-state index is -0.192. The fourth-order valence-electron chi connectivity index (χ4n) is 2.86. The van der Waals surface area contributed by atoms with Gasteiger partial charge in [0.2, 0.25) is 5.91 Å². The minimum absolute atomic E-state index is 0.114. The van der Waals surface area contributed by atoms with Crippen LogP contribution in [0.15, 0.2) is 24.3 Å². The van der Waals surface area contributed by atoms with E-state index in [2.05, 4.69) is 35.9 Å². The molecule has 5 heteroatoms. The predicted octanol–water partition coefficient (Wildman–Crippen LogP) is 2.49. The Morgan fingerprint density at radius 3 is 2.38 bits per heavy atom. The molecule has 1 unspecified atom stereocenters. The van der Waals surface area contributed by atoms with Gasteiger partial charge in [0.25, 0.3) is 0 Å². The van der Waals surface area contributed by atoms with Crippen molar-refractivity contribution in [3.8, 4) is 0 Å². The smallest absolute Gasteiger partial charge is 0.234 e. The number of halogens is 1. The number of rotatable bonds is 6. The summed E-state index contributed by atoms with van der Waals surface area (Å²) in [6.07, 6.45) is 1.05. The molecule has 0 radical (unpaired) electrons. The van der Waals surface area contributed by atoms with E-state index >= 15 is 0 Å². The molecule has 2 rings (SSSR count). The number of carbonyl (C=O) groups excluding carboxylic acids is 1. The molecule has 1 atom stereocenters. The second kappa shape index (κ2) is 9.14. The average Bonchev–Trinajstić information content (AvgIpc) is 2.75. The Morgan fingerprint density at radius 2 is 1.71 bits per heavy atom. The highest BCUT2D eigenvalue weighted by molar-refractivity contribution is 5.78. The zero-order valence-electron chi connectivity index (χ0n) is 15.1. The molecule has 1 heterocycles. The van der Waals surface area contributed by atoms with Gasteiger partial charge in [-0.25, -0.2) is 4.39 Å². The van der Waals surface area contributed by atoms with Crippen LogP contribution < -0.4 is 5.32 Å². The second-order valence-electron chi connectivity index (χ2n) is 7.13. The van der Waals surface area contributed by atoms with Gasteiger partial charge >= 0.3 is 0 Å². The standard InChI is InChI=1S/C19H30FN3O/c1-15(2)16(3)21-19(24)14-23-10-4-9-22(11-12-23)13-17-5-7-18(20)8-6-17/h5-8,15-16H,4,9-14H2,1-3H3,(H,21,24). The zero-order valence-corrected chi connectivity index (χ0v) is 15.1. The van der Waals surface area contributed by atoms with Crippen molar-refractivity contribution >= 4 is 5.91 Å². The van der Waals surface area contributed by atoms with Crippen molar-refractivity contribution in [1.29, 1.82) is 0 Å². The Kier molecular flexibility index (Phi) is 7.18. The van der Waals surface area contributed by atoms with Gasteiger partial charge < -0.3 is 5.32 Å². The van der Waals surface area contributed by atoms with E-state index in [0.29, 0.717) is 12.5 Å². The van der Waals surface area contributed by atoms with Gasteiger partial charge in [0.1, 0.15) is 5.82 Å². The van der Waals surface area contributed by atoms with Crippen LogP contribution in [0.3, 0.4) is 0 Å². The van der Waals surface area contributed by atoms with Crippen LogP contribution in [0.2, 0.25) is 0 Å². The molecule has 1 saturated heterocycles. The van der Waals surface area contributed by atoms with Crippen LogP contribution in [0.1, 0.15) is 32.8 Å². The van der Waals surface area contributed by atoms with Crippen LogP contribution in [0.4, 0.5) is 4.39 Å². The molecule has 0 aliphatic carbocycles. The molecule has 0 spiro atoms. The van der Waals surface area contributed by atoms with Crippen molar-refractivity contribution in [2.75, 3.05) is 32.7 Å². The Hall–Kier alpha value is -1.46. The Labute approximate surface area is 145 Å². The molecule has 1 aliphatic heterocycles. The fraction of sp³-hybridized carbons (Fsp3) is 0.632. The molecule has 1 fully saturated rings. The maximum Gasteiger partial charge on any atom is 0.234 e. The highest BCUT2D eigenvalue weighted by Crippen LogP contribution is 2.10. The molecular formula is C19H30FN3O. The van der Waals surface area contributed by atoms with E-state index in [-0.39, 0.29) is 17.8 Å². The lowest BCUT2D eigenvalue weighted by atomic mass is 10.1. The molecule has 1 aliphatic rings. The average molecular weight is 335 g/mol. The first kappa shape index (κ1) is 18.9. The lowest BCUT2D eigenvalue weighted by molar-refractivity contribution is -0.123. The van der Waals surface area contributed by atoms with E-state index < -0.39 is 0 Å². The van der Waals surface area contributed by atoms with Crippen molar-refractivity contribution in [2.45, 2.75) is 39.8 Å². The molecule has 1 N–H and O–H groups in total. The minimum Gasteiger partial charge on any atom is -0.352 e. The third-order valence-electron chi connectivity index (χ3n) is 4.76. The van der Waals surface area contributed by atoms with Gasteiger partial charge in [-0.05, 0) is 50.0 Å². The van der Waals surface area contributed by atoms with Crippen molar-refractivity contribution in [3.63, 3.8) is 0 Å².